The number of hydrogen-bond donors (Lipinski definition) is 2. The van der Waals surface area contributed by atoms with Gasteiger partial charge >= 0.3 is 0 Å². The lowest BCUT2D eigenvalue weighted by atomic mass is 9.92. The molecule has 4 nitrogen and oxygen atoms in total. The Morgan fingerprint density at radius 2 is 1.80 bits per heavy atom. The Morgan fingerprint density at radius 1 is 1.20 bits per heavy atom. The zero-order valence-corrected chi connectivity index (χ0v) is 13.3. The summed E-state index contributed by atoms with van der Waals surface area (Å²) in [7, 11) is -3.35. The molecule has 112 valence electrons. The average molecular weight is 296 g/mol. The normalized spacial score (nSPS) is 17.2. The lowest BCUT2D eigenvalue weighted by Crippen LogP contribution is -2.23. The molecule has 1 fully saturated rings. The van der Waals surface area contributed by atoms with Crippen LogP contribution in [-0.4, -0.2) is 21.5 Å². The van der Waals surface area contributed by atoms with E-state index >= 15 is 0 Å². The molecule has 20 heavy (non-hydrogen) atoms. The quantitative estimate of drug-likeness (QED) is 0.813. The fourth-order valence-electron chi connectivity index (χ4n) is 2.42. The third-order valence-corrected chi connectivity index (χ3v) is 5.82. The maximum Gasteiger partial charge on any atom is 0.240 e. The van der Waals surface area contributed by atoms with Crippen LogP contribution in [0.4, 0.5) is 5.69 Å². The Kier molecular flexibility index (Phi) is 4.39. The smallest absolute Gasteiger partial charge is 0.240 e. The van der Waals surface area contributed by atoms with Gasteiger partial charge in [-0.15, -0.1) is 0 Å². The summed E-state index contributed by atoms with van der Waals surface area (Å²) in [6, 6.07) is 6.96. The van der Waals surface area contributed by atoms with Crippen LogP contribution in [0.2, 0.25) is 0 Å². The predicted molar refractivity (Wildman–Crippen MR) is 82.3 cm³/mol. The van der Waals surface area contributed by atoms with Crippen molar-refractivity contribution in [3.05, 3.63) is 24.3 Å². The second-order valence-corrected chi connectivity index (χ2v) is 7.66. The molecule has 0 heterocycles. The second kappa shape index (κ2) is 5.74. The molecule has 0 aromatic heterocycles. The van der Waals surface area contributed by atoms with Crippen LogP contribution in [0.1, 0.15) is 33.6 Å². The molecule has 2 rings (SSSR count). The maximum absolute atomic E-state index is 11.8. The van der Waals surface area contributed by atoms with E-state index in [0.717, 1.165) is 12.2 Å². The van der Waals surface area contributed by atoms with Crippen molar-refractivity contribution in [1.82, 2.24) is 4.72 Å². The van der Waals surface area contributed by atoms with E-state index in [9.17, 15) is 8.42 Å². The van der Waals surface area contributed by atoms with Crippen molar-refractivity contribution in [2.24, 2.45) is 11.3 Å². The summed E-state index contributed by atoms with van der Waals surface area (Å²) in [5.74, 6) is 0.684. The summed E-state index contributed by atoms with van der Waals surface area (Å²) in [5.41, 5.74) is 1.42. The molecule has 2 N–H and O–H groups in total. The van der Waals surface area contributed by atoms with Crippen molar-refractivity contribution < 1.29 is 8.42 Å². The van der Waals surface area contributed by atoms with Gasteiger partial charge in [-0.2, -0.15) is 0 Å². The first-order valence-corrected chi connectivity index (χ1v) is 8.71. The van der Waals surface area contributed by atoms with Crippen LogP contribution in [0.5, 0.6) is 0 Å². The lowest BCUT2D eigenvalue weighted by Gasteiger charge is -2.20. The molecule has 0 unspecified atom stereocenters. The van der Waals surface area contributed by atoms with Crippen molar-refractivity contribution in [1.29, 1.82) is 0 Å². The summed E-state index contributed by atoms with van der Waals surface area (Å²) in [5, 5.41) is 3.42. The van der Waals surface area contributed by atoms with Crippen LogP contribution in [0.3, 0.4) is 0 Å². The van der Waals surface area contributed by atoms with Gasteiger partial charge in [-0.25, -0.2) is 13.1 Å². The van der Waals surface area contributed by atoms with Gasteiger partial charge in [0.25, 0.3) is 0 Å². The molecular weight excluding hydrogens is 272 g/mol. The number of benzene rings is 1. The van der Waals surface area contributed by atoms with Crippen molar-refractivity contribution in [2.75, 3.05) is 18.4 Å². The third-order valence-electron chi connectivity index (χ3n) is 4.26. The highest BCUT2D eigenvalue weighted by molar-refractivity contribution is 7.89. The molecule has 1 aliphatic carbocycles. The zero-order chi connectivity index (χ0) is 14.8. The van der Waals surface area contributed by atoms with E-state index in [1.54, 1.807) is 19.1 Å². The van der Waals surface area contributed by atoms with E-state index in [0.29, 0.717) is 22.8 Å². The van der Waals surface area contributed by atoms with Gasteiger partial charge in [0, 0.05) is 18.8 Å². The Hall–Kier alpha value is -1.07. The van der Waals surface area contributed by atoms with Gasteiger partial charge in [0.05, 0.1) is 4.90 Å². The predicted octanol–water partition coefficient (Wildman–Crippen LogP) is 2.83. The highest BCUT2D eigenvalue weighted by Crippen LogP contribution is 2.51. The van der Waals surface area contributed by atoms with Crippen molar-refractivity contribution >= 4 is 15.7 Å². The standard InChI is InChI=1S/C15H24N2O2S/c1-4-17-20(18,19)14-7-5-13(6-8-14)16-11-15(9-10-15)12(2)3/h5-8,12,16-17H,4,9-11H2,1-3H3. The third kappa shape index (κ3) is 3.33. The number of anilines is 1. The van der Waals surface area contributed by atoms with Crippen LogP contribution in [0.25, 0.3) is 0 Å². The summed E-state index contributed by atoms with van der Waals surface area (Å²) < 4.78 is 26.1. The fraction of sp³-hybridized carbons (Fsp3) is 0.600. The van der Waals surface area contributed by atoms with Crippen molar-refractivity contribution in [3.8, 4) is 0 Å². The van der Waals surface area contributed by atoms with Gasteiger partial charge in [0.1, 0.15) is 0 Å². The molecule has 5 heteroatoms. The number of sulfonamides is 1. The van der Waals surface area contributed by atoms with Crippen molar-refractivity contribution in [3.63, 3.8) is 0 Å². The second-order valence-electron chi connectivity index (χ2n) is 5.90. The molecule has 0 bridgehead atoms. The Labute approximate surface area is 122 Å². The summed E-state index contributed by atoms with van der Waals surface area (Å²) in [4.78, 5) is 0.315. The molecule has 1 aromatic carbocycles. The molecule has 0 aliphatic heterocycles. The minimum atomic E-state index is -3.35. The van der Waals surface area contributed by atoms with Gasteiger partial charge in [-0.3, -0.25) is 0 Å². The van der Waals surface area contributed by atoms with E-state index < -0.39 is 10.0 Å². The SMILES string of the molecule is CCNS(=O)(=O)c1ccc(NCC2(C(C)C)CC2)cc1. The van der Waals surface area contributed by atoms with Crippen LogP contribution >= 0.6 is 0 Å². The Bertz CT molecular complexity index is 546. The number of nitrogens with one attached hydrogen (secondary N) is 2. The highest BCUT2D eigenvalue weighted by Gasteiger charge is 2.44. The highest BCUT2D eigenvalue weighted by atomic mass is 32.2. The first-order chi connectivity index (χ1) is 9.39. The monoisotopic (exact) mass is 296 g/mol. The molecule has 1 saturated carbocycles. The van der Waals surface area contributed by atoms with E-state index in [4.69, 9.17) is 0 Å². The summed E-state index contributed by atoms with van der Waals surface area (Å²) >= 11 is 0. The zero-order valence-electron chi connectivity index (χ0n) is 12.4. The van der Waals surface area contributed by atoms with Gasteiger partial charge in [0.15, 0.2) is 0 Å². The van der Waals surface area contributed by atoms with Crippen LogP contribution in [0, 0.1) is 11.3 Å². The van der Waals surface area contributed by atoms with Gasteiger partial charge < -0.3 is 5.32 Å². The largest absolute Gasteiger partial charge is 0.384 e. The molecular formula is C15H24N2O2S. The topological polar surface area (TPSA) is 58.2 Å². The fourth-order valence-corrected chi connectivity index (χ4v) is 3.46. The minimum Gasteiger partial charge on any atom is -0.384 e. The number of rotatable bonds is 7. The Morgan fingerprint density at radius 3 is 2.25 bits per heavy atom. The molecule has 0 spiro atoms. The lowest BCUT2D eigenvalue weighted by molar-refractivity contribution is 0.380. The molecule has 1 aliphatic rings. The first kappa shape index (κ1) is 15.3. The van der Waals surface area contributed by atoms with Gasteiger partial charge in [0.2, 0.25) is 10.0 Å². The first-order valence-electron chi connectivity index (χ1n) is 7.23. The molecule has 0 radical (unpaired) electrons. The van der Waals surface area contributed by atoms with Crippen LogP contribution < -0.4 is 10.0 Å². The molecule has 0 amide bonds. The van der Waals surface area contributed by atoms with Crippen molar-refractivity contribution in [2.45, 2.75) is 38.5 Å². The van der Waals surface area contributed by atoms with Gasteiger partial charge in [-0.1, -0.05) is 20.8 Å². The molecule has 0 saturated heterocycles. The van der Waals surface area contributed by atoms with E-state index in [1.807, 2.05) is 12.1 Å². The molecule has 0 atom stereocenters. The number of hydrogen-bond acceptors (Lipinski definition) is 3. The van der Waals surface area contributed by atoms with Crippen LogP contribution in [-0.2, 0) is 10.0 Å². The molecule has 1 aromatic rings. The maximum atomic E-state index is 11.8. The summed E-state index contributed by atoms with van der Waals surface area (Å²) in [6.45, 7) is 7.67. The Balaban J connectivity index is 1.99. The van der Waals surface area contributed by atoms with E-state index in [2.05, 4.69) is 23.9 Å². The minimum absolute atomic E-state index is 0.315. The van der Waals surface area contributed by atoms with E-state index in [1.165, 1.54) is 12.8 Å². The summed E-state index contributed by atoms with van der Waals surface area (Å²) in [6.07, 6.45) is 2.56. The van der Waals surface area contributed by atoms with Gasteiger partial charge in [-0.05, 0) is 48.4 Å². The van der Waals surface area contributed by atoms with Crippen LogP contribution in [0.15, 0.2) is 29.2 Å². The average Bonchev–Trinajstić information content (AvgIpc) is 3.18. The van der Waals surface area contributed by atoms with E-state index in [-0.39, 0.29) is 0 Å².